The smallest absolute Gasteiger partial charge is 0.306 e. The van der Waals surface area contributed by atoms with Crippen LogP contribution in [0.2, 0.25) is 0 Å². The van der Waals surface area contributed by atoms with Crippen LogP contribution in [0.25, 0.3) is 0 Å². The molecule has 0 saturated carbocycles. The van der Waals surface area contributed by atoms with Crippen LogP contribution < -0.4 is 0 Å². The lowest BCUT2D eigenvalue weighted by atomic mass is 10.1. The van der Waals surface area contributed by atoms with Gasteiger partial charge in [-0.15, -0.1) is 0 Å². The average Bonchev–Trinajstić information content (AvgIpc) is 3.25. The number of carbonyl (C=O) groups is 2. The van der Waals surface area contributed by atoms with E-state index < -0.39 is 6.10 Å². The molecule has 0 radical (unpaired) electrons. The summed E-state index contributed by atoms with van der Waals surface area (Å²) in [4.78, 5) is 24.4. The van der Waals surface area contributed by atoms with E-state index in [1.54, 1.807) is 0 Å². The number of aliphatic hydroxyl groups excluding tert-OH is 1. The Bertz CT molecular complexity index is 1170. The van der Waals surface area contributed by atoms with Gasteiger partial charge in [-0.25, -0.2) is 0 Å². The van der Waals surface area contributed by atoms with Crippen LogP contribution >= 0.6 is 0 Å². The zero-order chi connectivity index (χ0) is 43.5. The zero-order valence-electron chi connectivity index (χ0n) is 38.9. The quantitative estimate of drug-likeness (QED) is 0.0376. The zero-order valence-corrected chi connectivity index (χ0v) is 38.9. The SMILES string of the molecule is CC/C=C\C/C=C\C/C=C\C/C=C\C/C=C\C/C=C\C/C=C\CCCCCC(=O)OC(CO)COC(=O)CCCCCCCCCCC/C=C\CCCCCCCCCC. The van der Waals surface area contributed by atoms with E-state index in [9.17, 15) is 14.7 Å². The van der Waals surface area contributed by atoms with E-state index in [0.29, 0.717) is 12.8 Å². The summed E-state index contributed by atoms with van der Waals surface area (Å²) in [5.74, 6) is -0.635. The summed E-state index contributed by atoms with van der Waals surface area (Å²) >= 11 is 0. The third kappa shape index (κ3) is 47.5. The van der Waals surface area contributed by atoms with Gasteiger partial charge in [0.15, 0.2) is 6.10 Å². The number of ether oxygens (including phenoxy) is 2. The van der Waals surface area contributed by atoms with Crippen LogP contribution in [-0.2, 0) is 19.1 Å². The van der Waals surface area contributed by atoms with Gasteiger partial charge < -0.3 is 14.6 Å². The number of carbonyl (C=O) groups excluding carboxylic acids is 2. The summed E-state index contributed by atoms with van der Waals surface area (Å²) in [5.41, 5.74) is 0. The molecule has 0 aliphatic heterocycles. The molecule has 0 aromatic rings. The Kier molecular flexibility index (Phi) is 47.5. The second-order valence-electron chi connectivity index (χ2n) is 16.2. The Hall–Kier alpha value is -3.18. The summed E-state index contributed by atoms with van der Waals surface area (Å²) in [6.45, 7) is 4.00. The van der Waals surface area contributed by atoms with Crippen molar-refractivity contribution in [3.8, 4) is 0 Å². The van der Waals surface area contributed by atoms with Crippen LogP contribution in [0.4, 0.5) is 0 Å². The fourth-order valence-electron chi connectivity index (χ4n) is 6.65. The fraction of sp³-hybridized carbons (Fsp3) is 0.673. The van der Waals surface area contributed by atoms with Crippen LogP contribution in [0, 0.1) is 0 Å². The Morgan fingerprint density at radius 3 is 1.12 bits per heavy atom. The molecule has 5 nitrogen and oxygen atoms in total. The molecule has 5 heteroatoms. The Balaban J connectivity index is 3.63. The second-order valence-corrected chi connectivity index (χ2v) is 16.2. The van der Waals surface area contributed by atoms with E-state index in [-0.39, 0.29) is 25.2 Å². The van der Waals surface area contributed by atoms with E-state index in [2.05, 4.69) is 111 Å². The molecule has 0 fully saturated rings. The summed E-state index contributed by atoms with van der Waals surface area (Å²) in [6.07, 6.45) is 70.6. The maximum atomic E-state index is 12.2. The standard InChI is InChI=1S/C55H92O5/c1-3-5-7-9-11-13-15-17-19-21-23-25-26-27-28-30-32-34-36-38-40-42-44-46-48-50-55(58)60-53(51-56)52-59-54(57)49-47-45-43-41-39-37-35-33-31-29-24-22-20-18-16-14-12-10-8-6-4-2/h5,7,11,13,17,19,22-25,27-28,32,34,38,40,53,56H,3-4,6,8-10,12,14-16,18,20-21,26,29-31,33,35-37,39,41-52H2,1-2H3/b7-5-,13-11-,19-17-,24-22-,25-23-,28-27-,34-32-,40-38-. The van der Waals surface area contributed by atoms with Crippen molar-refractivity contribution < 1.29 is 24.2 Å². The molecular weight excluding hydrogens is 741 g/mol. The van der Waals surface area contributed by atoms with Crippen molar-refractivity contribution >= 4 is 11.9 Å². The van der Waals surface area contributed by atoms with E-state index in [1.807, 2.05) is 0 Å². The first kappa shape index (κ1) is 56.8. The molecule has 0 heterocycles. The monoisotopic (exact) mass is 833 g/mol. The minimum Gasteiger partial charge on any atom is -0.462 e. The Morgan fingerprint density at radius 2 is 0.717 bits per heavy atom. The lowest BCUT2D eigenvalue weighted by Gasteiger charge is -2.15. The van der Waals surface area contributed by atoms with E-state index >= 15 is 0 Å². The number of allylic oxidation sites excluding steroid dienone is 16. The number of rotatable bonds is 44. The van der Waals surface area contributed by atoms with Gasteiger partial charge in [0.25, 0.3) is 0 Å². The molecule has 0 aliphatic rings. The van der Waals surface area contributed by atoms with Crippen LogP contribution in [0.3, 0.4) is 0 Å². The van der Waals surface area contributed by atoms with Gasteiger partial charge in [-0.3, -0.25) is 9.59 Å². The summed E-state index contributed by atoms with van der Waals surface area (Å²) in [6, 6.07) is 0. The highest BCUT2D eigenvalue weighted by Crippen LogP contribution is 2.14. The van der Waals surface area contributed by atoms with Gasteiger partial charge in [0.1, 0.15) is 6.61 Å². The maximum absolute atomic E-state index is 12.2. The fourth-order valence-corrected chi connectivity index (χ4v) is 6.65. The van der Waals surface area contributed by atoms with Crippen molar-refractivity contribution in [3.63, 3.8) is 0 Å². The molecule has 60 heavy (non-hydrogen) atoms. The van der Waals surface area contributed by atoms with Gasteiger partial charge >= 0.3 is 11.9 Å². The first-order valence-electron chi connectivity index (χ1n) is 24.8. The lowest BCUT2D eigenvalue weighted by molar-refractivity contribution is -0.161. The van der Waals surface area contributed by atoms with Gasteiger partial charge in [-0.05, 0) is 96.3 Å². The molecule has 0 rings (SSSR count). The molecule has 1 atom stereocenters. The minimum atomic E-state index is -0.797. The number of aliphatic hydroxyl groups is 1. The first-order valence-corrected chi connectivity index (χ1v) is 24.8. The van der Waals surface area contributed by atoms with E-state index in [1.165, 1.54) is 103 Å². The average molecular weight is 833 g/mol. The van der Waals surface area contributed by atoms with Crippen molar-refractivity contribution in [3.05, 3.63) is 97.2 Å². The normalized spacial score (nSPS) is 13.1. The number of hydrogen-bond acceptors (Lipinski definition) is 5. The predicted molar refractivity (Wildman–Crippen MR) is 260 cm³/mol. The Labute approximate surface area is 370 Å². The van der Waals surface area contributed by atoms with E-state index in [0.717, 1.165) is 89.9 Å². The van der Waals surface area contributed by atoms with Crippen LogP contribution in [0.15, 0.2) is 97.2 Å². The van der Waals surface area contributed by atoms with Gasteiger partial charge in [0, 0.05) is 12.8 Å². The molecule has 0 amide bonds. The topological polar surface area (TPSA) is 72.8 Å². The van der Waals surface area contributed by atoms with Gasteiger partial charge in [0.2, 0.25) is 0 Å². The summed E-state index contributed by atoms with van der Waals surface area (Å²) < 4.78 is 10.6. The third-order valence-corrected chi connectivity index (χ3v) is 10.4. The number of esters is 2. The molecule has 0 spiro atoms. The molecule has 1 N–H and O–H groups in total. The molecule has 1 unspecified atom stereocenters. The molecule has 0 bridgehead atoms. The van der Waals surface area contributed by atoms with Crippen LogP contribution in [-0.4, -0.2) is 36.4 Å². The van der Waals surface area contributed by atoms with Crippen molar-refractivity contribution in [2.24, 2.45) is 0 Å². The maximum Gasteiger partial charge on any atom is 0.306 e. The van der Waals surface area contributed by atoms with E-state index in [4.69, 9.17) is 9.47 Å². The van der Waals surface area contributed by atoms with Crippen molar-refractivity contribution in [2.45, 2.75) is 225 Å². The van der Waals surface area contributed by atoms with Gasteiger partial charge in [-0.2, -0.15) is 0 Å². The number of hydrogen-bond donors (Lipinski definition) is 1. The second kappa shape index (κ2) is 50.2. The lowest BCUT2D eigenvalue weighted by Crippen LogP contribution is -2.28. The van der Waals surface area contributed by atoms with Crippen molar-refractivity contribution in [1.82, 2.24) is 0 Å². The number of unbranched alkanes of at least 4 members (excludes halogenated alkanes) is 20. The Morgan fingerprint density at radius 1 is 0.400 bits per heavy atom. The van der Waals surface area contributed by atoms with Gasteiger partial charge in [-0.1, -0.05) is 207 Å². The molecule has 342 valence electrons. The third-order valence-electron chi connectivity index (χ3n) is 10.4. The largest absolute Gasteiger partial charge is 0.462 e. The van der Waals surface area contributed by atoms with Crippen molar-refractivity contribution in [2.75, 3.05) is 13.2 Å². The molecule has 0 aromatic heterocycles. The minimum absolute atomic E-state index is 0.0856. The summed E-state index contributed by atoms with van der Waals surface area (Å²) in [5, 5.41) is 9.62. The van der Waals surface area contributed by atoms with Crippen LogP contribution in [0.5, 0.6) is 0 Å². The van der Waals surface area contributed by atoms with Crippen LogP contribution in [0.1, 0.15) is 219 Å². The summed E-state index contributed by atoms with van der Waals surface area (Å²) in [7, 11) is 0. The highest BCUT2D eigenvalue weighted by atomic mass is 16.6. The predicted octanol–water partition coefficient (Wildman–Crippen LogP) is 16.4. The highest BCUT2D eigenvalue weighted by molar-refractivity contribution is 5.70. The molecular formula is C55H92O5. The molecule has 0 saturated heterocycles. The van der Waals surface area contributed by atoms with Gasteiger partial charge in [0.05, 0.1) is 6.61 Å². The highest BCUT2D eigenvalue weighted by Gasteiger charge is 2.16. The van der Waals surface area contributed by atoms with Crippen molar-refractivity contribution in [1.29, 1.82) is 0 Å². The molecule has 0 aliphatic carbocycles. The molecule has 0 aromatic carbocycles. The first-order chi connectivity index (χ1) is 29.6.